The largest absolute Gasteiger partial charge is 0.378 e. The summed E-state index contributed by atoms with van der Waals surface area (Å²) in [6.45, 7) is 7.21. The second-order valence-electron chi connectivity index (χ2n) is 8.18. The van der Waals surface area contributed by atoms with Gasteiger partial charge >= 0.3 is 6.03 Å². The topological polar surface area (TPSA) is 107 Å². The molecular weight excluding hydrogens is 390 g/mol. The van der Waals surface area contributed by atoms with Crippen LogP contribution < -0.4 is 10.6 Å². The van der Waals surface area contributed by atoms with Crippen molar-refractivity contribution in [2.45, 2.75) is 45.9 Å². The molecule has 2 heterocycles. The smallest absolute Gasteiger partial charge is 0.319 e. The molecule has 0 unspecified atom stereocenters. The van der Waals surface area contributed by atoms with Crippen LogP contribution in [-0.4, -0.2) is 80.0 Å². The lowest BCUT2D eigenvalue weighted by Gasteiger charge is -2.26. The molecule has 0 atom stereocenters. The summed E-state index contributed by atoms with van der Waals surface area (Å²) in [7, 11) is 3.26. The van der Waals surface area contributed by atoms with E-state index in [0.29, 0.717) is 38.5 Å². The van der Waals surface area contributed by atoms with Gasteiger partial charge in [-0.1, -0.05) is 13.8 Å². The Kier molecular flexibility index (Phi) is 9.54. The molecule has 1 fully saturated rings. The standard InChI is InChI=1S/C20H35N5O5/c1-20(2,7-5-6-18(28-3)29-4)15-21-19(27)23-16-12-22-25(13-16)14-17(26)24-8-10-30-11-9-24/h12-13,18H,5-11,14-15H2,1-4H3,(H2,21,23,27). The number of rotatable bonds is 11. The van der Waals surface area contributed by atoms with Gasteiger partial charge in [0.2, 0.25) is 5.91 Å². The molecule has 3 amide bonds. The maximum absolute atomic E-state index is 12.3. The Morgan fingerprint density at radius 1 is 1.27 bits per heavy atom. The van der Waals surface area contributed by atoms with Crippen molar-refractivity contribution in [3.05, 3.63) is 12.4 Å². The number of nitrogens with zero attached hydrogens (tertiary/aromatic N) is 3. The predicted octanol–water partition coefficient (Wildman–Crippen LogP) is 1.68. The van der Waals surface area contributed by atoms with Crippen LogP contribution in [0.1, 0.15) is 33.1 Å². The Balaban J connectivity index is 1.71. The van der Waals surface area contributed by atoms with Crippen molar-refractivity contribution in [1.82, 2.24) is 20.0 Å². The summed E-state index contributed by atoms with van der Waals surface area (Å²) < 4.78 is 17.2. The molecule has 0 bridgehead atoms. The first kappa shape index (κ1) is 24.1. The number of aromatic nitrogens is 2. The van der Waals surface area contributed by atoms with E-state index in [0.717, 1.165) is 19.3 Å². The SMILES string of the molecule is COC(CCCC(C)(C)CNC(=O)Nc1cnn(CC(=O)N2CCOCC2)c1)OC. The monoisotopic (exact) mass is 425 g/mol. The summed E-state index contributed by atoms with van der Waals surface area (Å²) in [6.07, 6.45) is 5.67. The van der Waals surface area contributed by atoms with E-state index < -0.39 is 0 Å². The van der Waals surface area contributed by atoms with E-state index in [9.17, 15) is 9.59 Å². The van der Waals surface area contributed by atoms with Gasteiger partial charge in [-0.15, -0.1) is 0 Å². The first-order valence-electron chi connectivity index (χ1n) is 10.3. The number of amides is 3. The van der Waals surface area contributed by atoms with E-state index >= 15 is 0 Å². The van der Waals surface area contributed by atoms with E-state index in [1.54, 1.807) is 25.3 Å². The van der Waals surface area contributed by atoms with Crippen LogP contribution in [0.15, 0.2) is 12.4 Å². The molecule has 2 N–H and O–H groups in total. The number of methoxy groups -OCH3 is 2. The van der Waals surface area contributed by atoms with Crippen LogP contribution in [0.2, 0.25) is 0 Å². The number of hydrogen-bond acceptors (Lipinski definition) is 6. The molecule has 1 aromatic rings. The minimum Gasteiger partial charge on any atom is -0.378 e. The third-order valence-electron chi connectivity index (χ3n) is 5.10. The highest BCUT2D eigenvalue weighted by molar-refractivity contribution is 5.89. The Morgan fingerprint density at radius 2 is 1.97 bits per heavy atom. The summed E-state index contributed by atoms with van der Waals surface area (Å²) in [5.41, 5.74) is 0.487. The number of carbonyl (C=O) groups excluding carboxylic acids is 2. The van der Waals surface area contributed by atoms with Crippen molar-refractivity contribution in [3.63, 3.8) is 0 Å². The highest BCUT2D eigenvalue weighted by Crippen LogP contribution is 2.23. The molecule has 0 saturated carbocycles. The lowest BCUT2D eigenvalue weighted by molar-refractivity contribution is -0.136. The lowest BCUT2D eigenvalue weighted by atomic mass is 9.87. The molecular formula is C20H35N5O5. The Morgan fingerprint density at radius 3 is 2.63 bits per heavy atom. The molecule has 1 aliphatic rings. The number of nitrogens with one attached hydrogen (secondary N) is 2. The minimum atomic E-state index is -0.297. The van der Waals surface area contributed by atoms with Gasteiger partial charge < -0.3 is 29.7 Å². The molecule has 30 heavy (non-hydrogen) atoms. The van der Waals surface area contributed by atoms with Gasteiger partial charge in [-0.3, -0.25) is 9.48 Å². The quantitative estimate of drug-likeness (QED) is 0.523. The first-order chi connectivity index (χ1) is 14.3. The molecule has 0 radical (unpaired) electrons. The molecule has 0 aromatic carbocycles. The van der Waals surface area contributed by atoms with Crippen molar-refractivity contribution in [1.29, 1.82) is 0 Å². The molecule has 170 valence electrons. The van der Waals surface area contributed by atoms with Crippen molar-refractivity contribution in [2.24, 2.45) is 5.41 Å². The number of hydrogen-bond donors (Lipinski definition) is 2. The van der Waals surface area contributed by atoms with E-state index in [4.69, 9.17) is 14.2 Å². The fourth-order valence-electron chi connectivity index (χ4n) is 3.23. The third kappa shape index (κ3) is 8.29. The van der Waals surface area contributed by atoms with E-state index in [-0.39, 0.29) is 30.2 Å². The summed E-state index contributed by atoms with van der Waals surface area (Å²) in [6, 6.07) is -0.297. The first-order valence-corrected chi connectivity index (χ1v) is 10.3. The minimum absolute atomic E-state index is 0.0108. The van der Waals surface area contributed by atoms with Gasteiger partial charge in [0.1, 0.15) is 6.54 Å². The maximum atomic E-state index is 12.3. The Hall–Kier alpha value is -2.17. The van der Waals surface area contributed by atoms with E-state index in [2.05, 4.69) is 29.6 Å². The highest BCUT2D eigenvalue weighted by atomic mass is 16.7. The summed E-state index contributed by atoms with van der Waals surface area (Å²) in [5.74, 6) is -0.0108. The molecule has 10 nitrogen and oxygen atoms in total. The average molecular weight is 426 g/mol. The van der Waals surface area contributed by atoms with Crippen LogP contribution in [0.4, 0.5) is 10.5 Å². The van der Waals surface area contributed by atoms with Crippen LogP contribution in [0, 0.1) is 5.41 Å². The number of carbonyl (C=O) groups is 2. The molecule has 1 aromatic heterocycles. The zero-order valence-electron chi connectivity index (χ0n) is 18.5. The fourth-order valence-corrected chi connectivity index (χ4v) is 3.23. The van der Waals surface area contributed by atoms with Crippen molar-refractivity contribution < 1.29 is 23.8 Å². The van der Waals surface area contributed by atoms with Crippen LogP contribution in [0.3, 0.4) is 0 Å². The summed E-state index contributed by atoms with van der Waals surface area (Å²) in [4.78, 5) is 26.3. The number of ether oxygens (including phenoxy) is 3. The predicted molar refractivity (Wildman–Crippen MR) is 112 cm³/mol. The van der Waals surface area contributed by atoms with Crippen molar-refractivity contribution in [2.75, 3.05) is 52.4 Å². The molecule has 1 saturated heterocycles. The molecule has 0 spiro atoms. The van der Waals surface area contributed by atoms with Crippen LogP contribution in [-0.2, 0) is 25.5 Å². The second kappa shape index (κ2) is 11.9. The van der Waals surface area contributed by atoms with Gasteiger partial charge in [0.15, 0.2) is 6.29 Å². The van der Waals surface area contributed by atoms with Gasteiger partial charge in [0.25, 0.3) is 0 Å². The third-order valence-corrected chi connectivity index (χ3v) is 5.10. The zero-order valence-corrected chi connectivity index (χ0v) is 18.5. The van der Waals surface area contributed by atoms with Gasteiger partial charge in [-0.25, -0.2) is 4.79 Å². The average Bonchev–Trinajstić information content (AvgIpc) is 3.17. The van der Waals surface area contributed by atoms with Crippen LogP contribution in [0.5, 0.6) is 0 Å². The van der Waals surface area contributed by atoms with Gasteiger partial charge in [-0.2, -0.15) is 5.10 Å². The van der Waals surface area contributed by atoms with Gasteiger partial charge in [0.05, 0.1) is 25.1 Å². The van der Waals surface area contributed by atoms with E-state index in [1.807, 2.05) is 0 Å². The highest BCUT2D eigenvalue weighted by Gasteiger charge is 2.20. The van der Waals surface area contributed by atoms with Crippen LogP contribution >= 0.6 is 0 Å². The second-order valence-corrected chi connectivity index (χ2v) is 8.18. The van der Waals surface area contributed by atoms with E-state index in [1.165, 1.54) is 10.9 Å². The van der Waals surface area contributed by atoms with Gasteiger partial charge in [-0.05, 0) is 24.7 Å². The van der Waals surface area contributed by atoms with Crippen molar-refractivity contribution in [3.8, 4) is 0 Å². The summed E-state index contributed by atoms with van der Waals surface area (Å²) >= 11 is 0. The molecule has 10 heteroatoms. The summed E-state index contributed by atoms with van der Waals surface area (Å²) in [5, 5.41) is 9.82. The number of anilines is 1. The zero-order chi connectivity index (χ0) is 22.0. The number of urea groups is 1. The molecule has 1 aliphatic heterocycles. The van der Waals surface area contributed by atoms with Crippen molar-refractivity contribution >= 4 is 17.6 Å². The Labute approximate surface area is 178 Å². The molecule has 2 rings (SSSR count). The normalized spacial score (nSPS) is 14.8. The van der Waals surface area contributed by atoms with Gasteiger partial charge in [0, 0.05) is 40.1 Å². The maximum Gasteiger partial charge on any atom is 0.319 e. The molecule has 0 aliphatic carbocycles. The Bertz CT molecular complexity index is 668. The number of morpholine rings is 1. The lowest BCUT2D eigenvalue weighted by Crippen LogP contribution is -2.42. The fraction of sp³-hybridized carbons (Fsp3) is 0.750. The van der Waals surface area contributed by atoms with Crippen LogP contribution in [0.25, 0.3) is 0 Å².